The minimum absolute atomic E-state index is 0.331. The lowest BCUT2D eigenvalue weighted by Gasteiger charge is -2.32. The Morgan fingerprint density at radius 2 is 1.68 bits per heavy atom. The Bertz CT molecular complexity index is 1480. The second-order valence-electron chi connectivity index (χ2n) is 8.66. The van der Waals surface area contributed by atoms with Crippen molar-refractivity contribution in [1.29, 1.82) is 0 Å². The zero-order valence-electron chi connectivity index (χ0n) is 18.6. The van der Waals surface area contributed by atoms with Crippen LogP contribution in [-0.2, 0) is 11.3 Å². The van der Waals surface area contributed by atoms with Crippen molar-refractivity contribution in [3.8, 4) is 16.9 Å². The third-order valence-electron chi connectivity index (χ3n) is 6.52. The SMILES string of the molecule is O=c1cc(-c2cc3ccccc3oc2=O)c2ccc3c(c2o1)CN(CCN1CCOCC1)CO3. The first kappa shape index (κ1) is 21.1. The Morgan fingerprint density at radius 3 is 2.56 bits per heavy atom. The second-order valence-corrected chi connectivity index (χ2v) is 8.66. The van der Waals surface area contributed by atoms with Crippen molar-refractivity contribution in [2.75, 3.05) is 46.1 Å². The largest absolute Gasteiger partial charge is 0.478 e. The number of hydrogen-bond donors (Lipinski definition) is 0. The van der Waals surface area contributed by atoms with Crippen molar-refractivity contribution in [3.05, 3.63) is 74.9 Å². The predicted octanol–water partition coefficient (Wildman–Crippen LogP) is 3.05. The third kappa shape index (κ3) is 3.90. The van der Waals surface area contributed by atoms with E-state index < -0.39 is 11.3 Å². The highest BCUT2D eigenvalue weighted by Gasteiger charge is 2.24. The van der Waals surface area contributed by atoms with Crippen molar-refractivity contribution in [2.45, 2.75) is 6.54 Å². The Balaban J connectivity index is 1.39. The molecule has 0 unspecified atom stereocenters. The molecule has 0 atom stereocenters. The molecule has 2 aliphatic heterocycles. The maximum atomic E-state index is 12.8. The summed E-state index contributed by atoms with van der Waals surface area (Å²) in [5.41, 5.74) is 1.58. The zero-order valence-corrected chi connectivity index (χ0v) is 18.6. The van der Waals surface area contributed by atoms with Gasteiger partial charge in [-0.15, -0.1) is 0 Å². The standard InChI is InChI=1S/C26H24N2O6/c29-24-14-19(20-13-17-3-1-2-4-22(17)33-26(20)30)18-5-6-23-21(25(18)34-24)15-28(16-32-23)8-7-27-9-11-31-12-10-27/h1-6,13-14H,7-12,15-16H2. The van der Waals surface area contributed by atoms with E-state index in [4.69, 9.17) is 18.3 Å². The van der Waals surface area contributed by atoms with Gasteiger partial charge in [-0.3, -0.25) is 9.80 Å². The quantitative estimate of drug-likeness (QED) is 0.430. The Morgan fingerprint density at radius 1 is 0.853 bits per heavy atom. The van der Waals surface area contributed by atoms with Crippen molar-refractivity contribution in [1.82, 2.24) is 9.80 Å². The lowest BCUT2D eigenvalue weighted by atomic mass is 9.99. The maximum Gasteiger partial charge on any atom is 0.344 e. The van der Waals surface area contributed by atoms with Gasteiger partial charge >= 0.3 is 11.3 Å². The number of hydrogen-bond acceptors (Lipinski definition) is 8. The van der Waals surface area contributed by atoms with E-state index in [9.17, 15) is 9.59 Å². The molecule has 0 amide bonds. The number of ether oxygens (including phenoxy) is 2. The average molecular weight is 460 g/mol. The molecule has 2 aromatic heterocycles. The van der Waals surface area contributed by atoms with Crippen LogP contribution in [0.1, 0.15) is 5.56 Å². The van der Waals surface area contributed by atoms with Gasteiger partial charge in [0, 0.05) is 55.1 Å². The molecule has 174 valence electrons. The van der Waals surface area contributed by atoms with Crippen LogP contribution in [-0.4, -0.2) is 55.9 Å². The molecular formula is C26H24N2O6. The van der Waals surface area contributed by atoms with E-state index in [2.05, 4.69) is 9.80 Å². The summed E-state index contributed by atoms with van der Waals surface area (Å²) in [5.74, 6) is 0.695. The van der Waals surface area contributed by atoms with Gasteiger partial charge in [0.25, 0.3) is 0 Å². The summed E-state index contributed by atoms with van der Waals surface area (Å²) in [4.78, 5) is 30.0. The molecule has 6 rings (SSSR count). The molecule has 0 bridgehead atoms. The van der Waals surface area contributed by atoms with E-state index >= 15 is 0 Å². The van der Waals surface area contributed by atoms with Crippen LogP contribution in [0.15, 0.2) is 67.0 Å². The van der Waals surface area contributed by atoms with Crippen LogP contribution >= 0.6 is 0 Å². The van der Waals surface area contributed by atoms with Gasteiger partial charge in [0.1, 0.15) is 23.6 Å². The first-order valence-corrected chi connectivity index (χ1v) is 11.4. The molecule has 0 saturated carbocycles. The number of rotatable bonds is 4. The molecule has 34 heavy (non-hydrogen) atoms. The number of fused-ring (bicyclic) bond motifs is 4. The van der Waals surface area contributed by atoms with Crippen molar-refractivity contribution >= 4 is 21.9 Å². The van der Waals surface area contributed by atoms with E-state index in [1.54, 1.807) is 12.1 Å². The lowest BCUT2D eigenvalue weighted by Crippen LogP contribution is -2.43. The molecule has 1 fully saturated rings. The van der Waals surface area contributed by atoms with Gasteiger partial charge in [0.15, 0.2) is 0 Å². The average Bonchev–Trinajstić information content (AvgIpc) is 2.87. The minimum atomic E-state index is -0.520. The molecule has 2 aliphatic rings. The Hall–Kier alpha value is -3.46. The van der Waals surface area contributed by atoms with Crippen molar-refractivity contribution < 1.29 is 18.3 Å². The van der Waals surface area contributed by atoms with Gasteiger partial charge in [-0.25, -0.2) is 9.59 Å². The van der Waals surface area contributed by atoms with Crippen LogP contribution in [0.5, 0.6) is 5.75 Å². The fourth-order valence-corrected chi connectivity index (χ4v) is 4.70. The van der Waals surface area contributed by atoms with E-state index in [1.165, 1.54) is 6.07 Å². The van der Waals surface area contributed by atoms with Gasteiger partial charge in [0.2, 0.25) is 0 Å². The summed E-state index contributed by atoms with van der Waals surface area (Å²) < 4.78 is 22.6. The van der Waals surface area contributed by atoms with E-state index in [0.29, 0.717) is 46.7 Å². The van der Waals surface area contributed by atoms with Crippen LogP contribution in [0.2, 0.25) is 0 Å². The first-order valence-electron chi connectivity index (χ1n) is 11.4. The van der Waals surface area contributed by atoms with Gasteiger partial charge in [-0.2, -0.15) is 0 Å². The topological polar surface area (TPSA) is 85.4 Å². The van der Waals surface area contributed by atoms with E-state index in [1.807, 2.05) is 30.3 Å². The minimum Gasteiger partial charge on any atom is -0.478 e. The Kier molecular flexibility index (Phi) is 5.41. The van der Waals surface area contributed by atoms with Crippen LogP contribution in [0.25, 0.3) is 33.1 Å². The molecule has 2 aromatic carbocycles. The fourth-order valence-electron chi connectivity index (χ4n) is 4.70. The van der Waals surface area contributed by atoms with Crippen molar-refractivity contribution in [3.63, 3.8) is 0 Å². The molecule has 4 heterocycles. The van der Waals surface area contributed by atoms with Gasteiger partial charge in [-0.1, -0.05) is 18.2 Å². The first-order chi connectivity index (χ1) is 16.7. The molecule has 4 aromatic rings. The van der Waals surface area contributed by atoms with E-state index in [-0.39, 0.29) is 0 Å². The zero-order chi connectivity index (χ0) is 23.1. The molecule has 8 nitrogen and oxygen atoms in total. The number of benzene rings is 2. The number of para-hydroxylation sites is 1. The summed E-state index contributed by atoms with van der Waals surface area (Å²) >= 11 is 0. The van der Waals surface area contributed by atoms with Gasteiger partial charge < -0.3 is 18.3 Å². The summed E-state index contributed by atoms with van der Waals surface area (Å²) in [6, 6.07) is 14.1. The molecule has 0 spiro atoms. The van der Waals surface area contributed by atoms with Crippen molar-refractivity contribution in [2.24, 2.45) is 0 Å². The summed E-state index contributed by atoms with van der Waals surface area (Å²) in [5, 5.41) is 1.47. The molecule has 8 heteroatoms. The predicted molar refractivity (Wildman–Crippen MR) is 127 cm³/mol. The summed E-state index contributed by atoms with van der Waals surface area (Å²) in [6.45, 7) is 6.20. The normalized spacial score (nSPS) is 17.1. The monoisotopic (exact) mass is 460 g/mol. The summed E-state index contributed by atoms with van der Waals surface area (Å²) in [7, 11) is 0. The highest BCUT2D eigenvalue weighted by atomic mass is 16.5. The number of morpholine rings is 1. The molecule has 0 radical (unpaired) electrons. The van der Waals surface area contributed by atoms with Gasteiger partial charge in [0.05, 0.1) is 24.3 Å². The van der Waals surface area contributed by atoms with Crippen LogP contribution in [0, 0.1) is 0 Å². The highest BCUT2D eigenvalue weighted by Crippen LogP contribution is 2.35. The van der Waals surface area contributed by atoms with Crippen LogP contribution in [0.3, 0.4) is 0 Å². The fraction of sp³-hybridized carbons (Fsp3) is 0.308. The smallest absolute Gasteiger partial charge is 0.344 e. The third-order valence-corrected chi connectivity index (χ3v) is 6.52. The molecule has 0 N–H and O–H groups in total. The maximum absolute atomic E-state index is 12.8. The molecule has 0 aliphatic carbocycles. The highest BCUT2D eigenvalue weighted by molar-refractivity contribution is 5.97. The molecule has 1 saturated heterocycles. The van der Waals surface area contributed by atoms with Crippen LogP contribution < -0.4 is 16.0 Å². The molecular weight excluding hydrogens is 436 g/mol. The van der Waals surface area contributed by atoms with Gasteiger partial charge in [-0.05, 0) is 24.3 Å². The number of nitrogens with zero attached hydrogens (tertiary/aromatic N) is 2. The lowest BCUT2D eigenvalue weighted by molar-refractivity contribution is 0.0241. The van der Waals surface area contributed by atoms with Crippen LogP contribution in [0.4, 0.5) is 0 Å². The Labute approximate surface area is 194 Å². The van der Waals surface area contributed by atoms with E-state index in [0.717, 1.165) is 50.3 Å². The second kappa shape index (κ2) is 8.72. The summed E-state index contributed by atoms with van der Waals surface area (Å²) in [6.07, 6.45) is 0.